The van der Waals surface area contributed by atoms with Gasteiger partial charge < -0.3 is 15.7 Å². The van der Waals surface area contributed by atoms with Crippen LogP contribution in [0.3, 0.4) is 0 Å². The predicted molar refractivity (Wildman–Crippen MR) is 117 cm³/mol. The van der Waals surface area contributed by atoms with E-state index in [9.17, 15) is 18.3 Å². The van der Waals surface area contributed by atoms with Gasteiger partial charge in [0.2, 0.25) is 10.0 Å². The monoisotopic (exact) mass is 461 g/mol. The fraction of sp³-hybridized carbons (Fsp3) is 0.316. The standard InChI is InChI=1S/C19H23N3O4S.2ClH/c1-21-5-7-22(8-6-21)27(25,26)18-11-16(10-17(12-18)19(23)24)15-4-2-3-14(9-15)13-20;;/h2-4,9-12H,5-8,13,20H2,1H3,(H,23,24);2*1H. The fourth-order valence-corrected chi connectivity index (χ4v) is 4.59. The van der Waals surface area contributed by atoms with E-state index in [1.807, 2.05) is 31.3 Å². The summed E-state index contributed by atoms with van der Waals surface area (Å²) in [4.78, 5) is 13.6. The van der Waals surface area contributed by atoms with Gasteiger partial charge in [-0.1, -0.05) is 18.2 Å². The molecule has 1 heterocycles. The maximum Gasteiger partial charge on any atom is 0.335 e. The largest absolute Gasteiger partial charge is 0.478 e. The van der Waals surface area contributed by atoms with E-state index in [1.165, 1.54) is 22.5 Å². The summed E-state index contributed by atoms with van der Waals surface area (Å²) >= 11 is 0. The number of hydrogen-bond acceptors (Lipinski definition) is 5. The zero-order valence-corrected chi connectivity index (χ0v) is 18.4. The summed E-state index contributed by atoms with van der Waals surface area (Å²) in [5.41, 5.74) is 7.78. The fourth-order valence-electron chi connectivity index (χ4n) is 3.09. The van der Waals surface area contributed by atoms with E-state index in [0.29, 0.717) is 38.3 Å². The second kappa shape index (κ2) is 10.4. The number of sulfonamides is 1. The number of nitrogens with zero attached hydrogens (tertiary/aromatic N) is 2. The lowest BCUT2D eigenvalue weighted by Gasteiger charge is -2.31. The predicted octanol–water partition coefficient (Wildman–Crippen LogP) is 2.29. The highest BCUT2D eigenvalue weighted by Gasteiger charge is 2.28. The molecule has 160 valence electrons. The quantitative estimate of drug-likeness (QED) is 0.707. The van der Waals surface area contributed by atoms with Crippen LogP contribution in [0, 0.1) is 0 Å². The minimum Gasteiger partial charge on any atom is -0.478 e. The molecule has 2 aromatic carbocycles. The Morgan fingerprint density at radius 1 is 1.03 bits per heavy atom. The molecule has 1 aliphatic heterocycles. The molecule has 0 aliphatic carbocycles. The zero-order valence-electron chi connectivity index (χ0n) is 15.9. The smallest absolute Gasteiger partial charge is 0.335 e. The van der Waals surface area contributed by atoms with Gasteiger partial charge in [-0.2, -0.15) is 4.31 Å². The molecule has 1 saturated heterocycles. The first kappa shape index (κ1) is 25.4. The number of carboxylic acids is 1. The van der Waals surface area contributed by atoms with Gasteiger partial charge in [-0.25, -0.2) is 13.2 Å². The third-order valence-corrected chi connectivity index (χ3v) is 6.63. The van der Waals surface area contributed by atoms with Gasteiger partial charge in [-0.15, -0.1) is 24.8 Å². The highest BCUT2D eigenvalue weighted by molar-refractivity contribution is 7.89. The van der Waals surface area contributed by atoms with E-state index in [1.54, 1.807) is 0 Å². The van der Waals surface area contributed by atoms with Crippen molar-refractivity contribution in [2.75, 3.05) is 33.2 Å². The van der Waals surface area contributed by atoms with Crippen LogP contribution in [0.15, 0.2) is 47.4 Å². The first-order valence-electron chi connectivity index (χ1n) is 8.68. The average Bonchev–Trinajstić information content (AvgIpc) is 2.68. The van der Waals surface area contributed by atoms with Crippen molar-refractivity contribution in [2.24, 2.45) is 5.73 Å². The highest BCUT2D eigenvalue weighted by Crippen LogP contribution is 2.27. The normalized spacial score (nSPS) is 15.2. The van der Waals surface area contributed by atoms with Crippen LogP contribution in [0.1, 0.15) is 15.9 Å². The highest BCUT2D eigenvalue weighted by atomic mass is 35.5. The van der Waals surface area contributed by atoms with Crippen molar-refractivity contribution in [2.45, 2.75) is 11.4 Å². The number of halogens is 2. The molecule has 0 bridgehead atoms. The van der Waals surface area contributed by atoms with Gasteiger partial charge in [-0.3, -0.25) is 0 Å². The van der Waals surface area contributed by atoms with Crippen molar-refractivity contribution in [1.29, 1.82) is 0 Å². The number of benzene rings is 2. The molecule has 7 nitrogen and oxygen atoms in total. The van der Waals surface area contributed by atoms with Crippen molar-refractivity contribution in [3.8, 4) is 11.1 Å². The summed E-state index contributed by atoms with van der Waals surface area (Å²) in [5.74, 6) is -1.17. The molecular formula is C19H25Cl2N3O4S. The van der Waals surface area contributed by atoms with Gasteiger partial charge in [0.25, 0.3) is 0 Å². The third kappa shape index (κ3) is 5.69. The van der Waals surface area contributed by atoms with Gasteiger partial charge in [0.05, 0.1) is 10.5 Å². The minimum atomic E-state index is -3.77. The number of likely N-dealkylation sites (N-methyl/N-ethyl adjacent to an activating group) is 1. The number of rotatable bonds is 5. The maximum atomic E-state index is 13.1. The van der Waals surface area contributed by atoms with Crippen LogP contribution < -0.4 is 5.73 Å². The Kier molecular flexibility index (Phi) is 9.08. The van der Waals surface area contributed by atoms with Crippen LogP contribution in [0.5, 0.6) is 0 Å². The van der Waals surface area contributed by atoms with Crippen LogP contribution in [-0.4, -0.2) is 61.9 Å². The lowest BCUT2D eigenvalue weighted by molar-refractivity contribution is 0.0696. The summed E-state index contributed by atoms with van der Waals surface area (Å²) in [6.45, 7) is 2.40. The lowest BCUT2D eigenvalue weighted by atomic mass is 10.0. The molecule has 1 fully saturated rings. The topological polar surface area (TPSA) is 104 Å². The Bertz CT molecular complexity index is 962. The average molecular weight is 462 g/mol. The Balaban J connectivity index is 0.00000210. The van der Waals surface area contributed by atoms with Crippen molar-refractivity contribution < 1.29 is 18.3 Å². The Morgan fingerprint density at radius 3 is 2.28 bits per heavy atom. The molecule has 0 spiro atoms. The number of piperazine rings is 1. The second-order valence-corrected chi connectivity index (χ2v) is 8.60. The van der Waals surface area contributed by atoms with Crippen LogP contribution >= 0.6 is 24.8 Å². The van der Waals surface area contributed by atoms with Gasteiger partial charge in [0.15, 0.2) is 0 Å². The van der Waals surface area contributed by atoms with E-state index in [0.717, 1.165) is 11.1 Å². The van der Waals surface area contributed by atoms with Crippen LogP contribution in [-0.2, 0) is 16.6 Å². The summed E-state index contributed by atoms with van der Waals surface area (Å²) in [6.07, 6.45) is 0. The van der Waals surface area contributed by atoms with Crippen molar-refractivity contribution >= 4 is 40.8 Å². The van der Waals surface area contributed by atoms with E-state index < -0.39 is 16.0 Å². The number of hydrogen-bond donors (Lipinski definition) is 2. The second-order valence-electron chi connectivity index (χ2n) is 6.66. The number of carboxylic acid groups (broad SMARTS) is 1. The van der Waals surface area contributed by atoms with Crippen molar-refractivity contribution in [3.05, 3.63) is 53.6 Å². The van der Waals surface area contributed by atoms with Gasteiger partial charge >= 0.3 is 5.97 Å². The Hall–Kier alpha value is -1.68. The number of nitrogens with two attached hydrogens (primary N) is 1. The molecule has 0 radical (unpaired) electrons. The Labute approximate surface area is 183 Å². The lowest BCUT2D eigenvalue weighted by Crippen LogP contribution is -2.47. The molecule has 3 N–H and O–H groups in total. The molecule has 0 aromatic heterocycles. The number of aromatic carboxylic acids is 1. The molecule has 3 rings (SSSR count). The maximum absolute atomic E-state index is 13.1. The summed E-state index contributed by atoms with van der Waals surface area (Å²) in [7, 11) is -1.83. The van der Waals surface area contributed by atoms with Gasteiger partial charge in [0.1, 0.15) is 0 Å². The van der Waals surface area contributed by atoms with Crippen LogP contribution in [0.25, 0.3) is 11.1 Å². The molecule has 0 unspecified atom stereocenters. The molecule has 0 amide bonds. The van der Waals surface area contributed by atoms with Gasteiger partial charge in [-0.05, 0) is 48.0 Å². The Morgan fingerprint density at radius 2 is 1.69 bits per heavy atom. The minimum absolute atomic E-state index is 0. The molecule has 2 aromatic rings. The van der Waals surface area contributed by atoms with E-state index in [4.69, 9.17) is 5.73 Å². The molecule has 0 saturated carbocycles. The van der Waals surface area contributed by atoms with Crippen molar-refractivity contribution in [3.63, 3.8) is 0 Å². The van der Waals surface area contributed by atoms with Crippen molar-refractivity contribution in [1.82, 2.24) is 9.21 Å². The third-order valence-electron chi connectivity index (χ3n) is 4.75. The molecule has 1 aliphatic rings. The van der Waals surface area contributed by atoms with Crippen LogP contribution in [0.4, 0.5) is 0 Å². The van der Waals surface area contributed by atoms with E-state index in [2.05, 4.69) is 4.90 Å². The SMILES string of the molecule is CN1CCN(S(=O)(=O)c2cc(C(=O)O)cc(-c3cccc(CN)c3)c2)CC1.Cl.Cl. The first-order valence-corrected chi connectivity index (χ1v) is 10.1. The molecular weight excluding hydrogens is 437 g/mol. The first-order chi connectivity index (χ1) is 12.8. The zero-order chi connectivity index (χ0) is 19.6. The molecule has 10 heteroatoms. The summed E-state index contributed by atoms with van der Waals surface area (Å²) in [5, 5.41) is 9.46. The molecule has 0 atom stereocenters. The summed E-state index contributed by atoms with van der Waals surface area (Å²) < 4.78 is 27.6. The number of carbonyl (C=O) groups is 1. The van der Waals surface area contributed by atoms with E-state index in [-0.39, 0.29) is 35.3 Å². The summed E-state index contributed by atoms with van der Waals surface area (Å²) in [6, 6.07) is 11.6. The van der Waals surface area contributed by atoms with Crippen LogP contribution in [0.2, 0.25) is 0 Å². The molecule has 29 heavy (non-hydrogen) atoms. The van der Waals surface area contributed by atoms with Gasteiger partial charge in [0, 0.05) is 32.7 Å². The van der Waals surface area contributed by atoms with E-state index >= 15 is 0 Å².